The van der Waals surface area contributed by atoms with Crippen LogP contribution in [0.3, 0.4) is 0 Å². The van der Waals surface area contributed by atoms with Gasteiger partial charge in [-0.1, -0.05) is 0 Å². The lowest BCUT2D eigenvalue weighted by Gasteiger charge is -2.06. The molecule has 0 aliphatic rings. The van der Waals surface area contributed by atoms with Crippen LogP contribution in [0.2, 0.25) is 0 Å². The van der Waals surface area contributed by atoms with E-state index in [0.717, 1.165) is 0 Å². The molecule has 0 amide bonds. The van der Waals surface area contributed by atoms with E-state index in [0.29, 0.717) is 5.69 Å². The number of alkyl halides is 1. The quantitative estimate of drug-likeness (QED) is 0.778. The van der Waals surface area contributed by atoms with Gasteiger partial charge in [-0.05, 0) is 19.9 Å². The monoisotopic (exact) mass is 236 g/mol. The SMILES string of the molecule is CC(C)NS(=O)(=O)c1c[nH]c(CCl)c1. The molecule has 0 saturated heterocycles. The van der Waals surface area contributed by atoms with Gasteiger partial charge in [0.05, 0.1) is 10.8 Å². The Morgan fingerprint density at radius 3 is 2.64 bits per heavy atom. The molecular weight excluding hydrogens is 224 g/mol. The summed E-state index contributed by atoms with van der Waals surface area (Å²) in [6.45, 7) is 3.54. The highest BCUT2D eigenvalue weighted by atomic mass is 35.5. The molecule has 14 heavy (non-hydrogen) atoms. The number of rotatable bonds is 4. The van der Waals surface area contributed by atoms with Gasteiger partial charge >= 0.3 is 0 Å². The number of H-pyrrole nitrogens is 1. The number of aromatic amines is 1. The Labute approximate surface area is 88.7 Å². The first-order chi connectivity index (χ1) is 6.45. The third-order valence-electron chi connectivity index (χ3n) is 1.56. The number of sulfonamides is 1. The van der Waals surface area contributed by atoms with Crippen molar-refractivity contribution >= 4 is 21.6 Å². The average molecular weight is 237 g/mol. The van der Waals surface area contributed by atoms with Crippen molar-refractivity contribution in [3.63, 3.8) is 0 Å². The van der Waals surface area contributed by atoms with Crippen LogP contribution >= 0.6 is 11.6 Å². The van der Waals surface area contributed by atoms with Gasteiger partial charge in [0, 0.05) is 17.9 Å². The molecular formula is C8H13ClN2O2S. The highest BCUT2D eigenvalue weighted by Gasteiger charge is 2.16. The van der Waals surface area contributed by atoms with E-state index in [9.17, 15) is 8.42 Å². The number of halogens is 1. The van der Waals surface area contributed by atoms with Crippen molar-refractivity contribution in [3.8, 4) is 0 Å². The maximum Gasteiger partial charge on any atom is 0.242 e. The van der Waals surface area contributed by atoms with Crippen LogP contribution in [0, 0.1) is 0 Å². The van der Waals surface area contributed by atoms with Gasteiger partial charge < -0.3 is 4.98 Å². The molecule has 0 aliphatic heterocycles. The van der Waals surface area contributed by atoms with E-state index in [1.165, 1.54) is 12.3 Å². The van der Waals surface area contributed by atoms with Crippen LogP contribution in [-0.4, -0.2) is 19.4 Å². The fourth-order valence-corrected chi connectivity index (χ4v) is 2.45. The van der Waals surface area contributed by atoms with E-state index < -0.39 is 10.0 Å². The fourth-order valence-electron chi connectivity index (χ4n) is 1.03. The summed E-state index contributed by atoms with van der Waals surface area (Å²) < 4.78 is 25.7. The Morgan fingerprint density at radius 1 is 1.57 bits per heavy atom. The summed E-state index contributed by atoms with van der Waals surface area (Å²) in [5.41, 5.74) is 0.691. The molecule has 0 radical (unpaired) electrons. The maximum atomic E-state index is 11.6. The Bertz CT molecular complexity index is 397. The van der Waals surface area contributed by atoms with E-state index >= 15 is 0 Å². The average Bonchev–Trinajstić information content (AvgIpc) is 2.49. The van der Waals surface area contributed by atoms with Crippen molar-refractivity contribution in [3.05, 3.63) is 18.0 Å². The number of hydrogen-bond acceptors (Lipinski definition) is 2. The second-order valence-electron chi connectivity index (χ2n) is 3.27. The van der Waals surface area contributed by atoms with Gasteiger partial charge in [0.25, 0.3) is 0 Å². The first kappa shape index (κ1) is 11.6. The molecule has 4 nitrogen and oxygen atoms in total. The van der Waals surface area contributed by atoms with E-state index in [1.807, 2.05) is 0 Å². The highest BCUT2D eigenvalue weighted by Crippen LogP contribution is 2.12. The lowest BCUT2D eigenvalue weighted by atomic mass is 10.4. The molecule has 1 aromatic heterocycles. The predicted molar refractivity (Wildman–Crippen MR) is 55.8 cm³/mol. The Morgan fingerprint density at radius 2 is 2.21 bits per heavy atom. The zero-order valence-electron chi connectivity index (χ0n) is 8.04. The first-order valence-corrected chi connectivity index (χ1v) is 6.23. The van der Waals surface area contributed by atoms with Crippen molar-refractivity contribution in [2.45, 2.75) is 30.7 Å². The summed E-state index contributed by atoms with van der Waals surface area (Å²) in [5.74, 6) is 0.275. The highest BCUT2D eigenvalue weighted by molar-refractivity contribution is 7.89. The molecule has 0 unspecified atom stereocenters. The molecule has 0 fully saturated rings. The zero-order chi connectivity index (χ0) is 10.8. The molecule has 0 aliphatic carbocycles. The van der Waals surface area contributed by atoms with Crippen LogP contribution < -0.4 is 4.72 Å². The molecule has 1 aromatic rings. The summed E-state index contributed by atoms with van der Waals surface area (Å²) in [5, 5.41) is 0. The molecule has 0 aromatic carbocycles. The zero-order valence-corrected chi connectivity index (χ0v) is 9.61. The second-order valence-corrected chi connectivity index (χ2v) is 5.25. The number of aromatic nitrogens is 1. The number of hydrogen-bond donors (Lipinski definition) is 2. The van der Waals surface area contributed by atoms with Crippen LogP contribution in [0.5, 0.6) is 0 Å². The van der Waals surface area contributed by atoms with Crippen molar-refractivity contribution in [1.29, 1.82) is 0 Å². The summed E-state index contributed by atoms with van der Waals surface area (Å²) >= 11 is 5.55. The second kappa shape index (κ2) is 4.33. The standard InChI is InChI=1S/C8H13ClN2O2S/c1-6(2)11-14(12,13)8-3-7(4-9)10-5-8/h3,5-6,10-11H,4H2,1-2H3. The van der Waals surface area contributed by atoms with Crippen molar-refractivity contribution in [2.24, 2.45) is 0 Å². The summed E-state index contributed by atoms with van der Waals surface area (Å²) in [7, 11) is -3.39. The van der Waals surface area contributed by atoms with Crippen LogP contribution in [0.15, 0.2) is 17.2 Å². The minimum atomic E-state index is -3.39. The van der Waals surface area contributed by atoms with E-state index in [4.69, 9.17) is 11.6 Å². The van der Waals surface area contributed by atoms with Crippen LogP contribution in [0.25, 0.3) is 0 Å². The van der Waals surface area contributed by atoms with Gasteiger partial charge in [0.1, 0.15) is 0 Å². The molecule has 0 spiro atoms. The Hall–Kier alpha value is -0.520. The molecule has 0 atom stereocenters. The summed E-state index contributed by atoms with van der Waals surface area (Å²) in [6, 6.07) is 1.41. The van der Waals surface area contributed by atoms with Gasteiger partial charge in [-0.15, -0.1) is 11.6 Å². The lowest BCUT2D eigenvalue weighted by Crippen LogP contribution is -2.29. The summed E-state index contributed by atoms with van der Waals surface area (Å²) in [4.78, 5) is 3.01. The summed E-state index contributed by atoms with van der Waals surface area (Å²) in [6.07, 6.45) is 1.43. The Kier molecular flexibility index (Phi) is 3.58. The fraction of sp³-hybridized carbons (Fsp3) is 0.500. The molecule has 1 rings (SSSR count). The van der Waals surface area contributed by atoms with E-state index in [1.54, 1.807) is 13.8 Å². The van der Waals surface area contributed by atoms with Gasteiger partial charge in [-0.3, -0.25) is 0 Å². The molecule has 0 saturated carbocycles. The smallest absolute Gasteiger partial charge is 0.242 e. The van der Waals surface area contributed by atoms with Crippen molar-refractivity contribution < 1.29 is 8.42 Å². The van der Waals surface area contributed by atoms with Crippen molar-refractivity contribution in [1.82, 2.24) is 9.71 Å². The topological polar surface area (TPSA) is 62.0 Å². The van der Waals surface area contributed by atoms with Crippen LogP contribution in [0.1, 0.15) is 19.5 Å². The molecule has 1 heterocycles. The maximum absolute atomic E-state index is 11.6. The largest absolute Gasteiger partial charge is 0.363 e. The molecule has 0 bridgehead atoms. The predicted octanol–water partition coefficient (Wildman–Crippen LogP) is 1.44. The van der Waals surface area contributed by atoms with E-state index in [-0.39, 0.29) is 16.8 Å². The molecule has 2 N–H and O–H groups in total. The third-order valence-corrected chi connectivity index (χ3v) is 3.49. The minimum absolute atomic E-state index is 0.116. The lowest BCUT2D eigenvalue weighted by molar-refractivity contribution is 0.570. The first-order valence-electron chi connectivity index (χ1n) is 4.21. The normalized spacial score (nSPS) is 12.3. The van der Waals surface area contributed by atoms with E-state index in [2.05, 4.69) is 9.71 Å². The van der Waals surface area contributed by atoms with Crippen LogP contribution in [-0.2, 0) is 15.9 Å². The minimum Gasteiger partial charge on any atom is -0.363 e. The molecule has 6 heteroatoms. The third kappa shape index (κ3) is 2.73. The van der Waals surface area contributed by atoms with Gasteiger partial charge in [0.2, 0.25) is 10.0 Å². The van der Waals surface area contributed by atoms with Gasteiger partial charge in [-0.2, -0.15) is 0 Å². The van der Waals surface area contributed by atoms with Crippen LogP contribution in [0.4, 0.5) is 0 Å². The molecule has 80 valence electrons. The number of nitrogens with one attached hydrogen (secondary N) is 2. The van der Waals surface area contributed by atoms with Crippen molar-refractivity contribution in [2.75, 3.05) is 0 Å². The van der Waals surface area contributed by atoms with Gasteiger partial charge in [0.15, 0.2) is 0 Å². The Balaban J connectivity index is 2.93. The van der Waals surface area contributed by atoms with Gasteiger partial charge in [-0.25, -0.2) is 13.1 Å².